The Bertz CT molecular complexity index is 1120. The zero-order chi connectivity index (χ0) is 20.9. The van der Waals surface area contributed by atoms with Gasteiger partial charge in [0.05, 0.1) is 17.8 Å². The molecule has 1 unspecified atom stereocenters. The van der Waals surface area contributed by atoms with E-state index in [1.54, 1.807) is 6.20 Å². The number of carbonyl (C=O) groups excluding carboxylic acids is 1. The van der Waals surface area contributed by atoms with E-state index >= 15 is 0 Å². The number of rotatable bonds is 6. The van der Waals surface area contributed by atoms with Crippen LogP contribution in [0.3, 0.4) is 0 Å². The van der Waals surface area contributed by atoms with Gasteiger partial charge in [0.15, 0.2) is 5.95 Å². The second-order valence-electron chi connectivity index (χ2n) is 7.31. The molecule has 1 heterocycles. The zero-order valence-corrected chi connectivity index (χ0v) is 16.8. The first-order valence-corrected chi connectivity index (χ1v) is 9.93. The highest BCUT2D eigenvalue weighted by molar-refractivity contribution is 5.83. The summed E-state index contributed by atoms with van der Waals surface area (Å²) in [6.07, 6.45) is 1.71. The average molecular weight is 396 g/mol. The summed E-state index contributed by atoms with van der Waals surface area (Å²) in [6.45, 7) is 2.41. The van der Waals surface area contributed by atoms with Crippen LogP contribution in [0.4, 0.5) is 5.95 Å². The van der Waals surface area contributed by atoms with Crippen molar-refractivity contribution in [2.45, 2.75) is 19.4 Å². The minimum atomic E-state index is -0.220. The van der Waals surface area contributed by atoms with Crippen molar-refractivity contribution in [2.24, 2.45) is 0 Å². The van der Waals surface area contributed by atoms with E-state index in [9.17, 15) is 4.79 Å². The van der Waals surface area contributed by atoms with E-state index in [4.69, 9.17) is 5.73 Å². The summed E-state index contributed by atoms with van der Waals surface area (Å²) in [5.41, 5.74) is 11.8. The molecule has 150 valence electrons. The monoisotopic (exact) mass is 396 g/mol. The Balaban J connectivity index is 1.35. The van der Waals surface area contributed by atoms with Gasteiger partial charge in [0.2, 0.25) is 5.91 Å². The minimum absolute atomic E-state index is 0.00730. The van der Waals surface area contributed by atoms with Crippen LogP contribution in [0.2, 0.25) is 0 Å². The van der Waals surface area contributed by atoms with Crippen molar-refractivity contribution in [1.82, 2.24) is 15.3 Å². The molecule has 3 aromatic carbocycles. The summed E-state index contributed by atoms with van der Waals surface area (Å²) in [4.78, 5) is 19.6. The number of H-pyrrole nitrogens is 1. The summed E-state index contributed by atoms with van der Waals surface area (Å²) in [5.74, 6) is 0.182. The zero-order valence-electron chi connectivity index (χ0n) is 16.8. The molecule has 0 aliphatic rings. The van der Waals surface area contributed by atoms with Gasteiger partial charge in [-0.15, -0.1) is 0 Å². The summed E-state index contributed by atoms with van der Waals surface area (Å²) in [6, 6.07) is 26.4. The summed E-state index contributed by atoms with van der Waals surface area (Å²) in [7, 11) is 0. The minimum Gasteiger partial charge on any atom is -0.369 e. The molecule has 1 aromatic heterocycles. The van der Waals surface area contributed by atoms with Gasteiger partial charge in [-0.1, -0.05) is 78.9 Å². The number of amides is 1. The number of imidazole rings is 1. The van der Waals surface area contributed by atoms with Gasteiger partial charge in [-0.3, -0.25) is 4.79 Å². The Kier molecular flexibility index (Phi) is 5.61. The number of nitrogens with one attached hydrogen (secondary N) is 2. The SMILES string of the molecule is CC(C(=O)NCc1ccc(-c2cnc(N)[nH]2)cc1)c1ccc(-c2ccccc2)cc1. The third-order valence-corrected chi connectivity index (χ3v) is 5.24. The van der Waals surface area contributed by atoms with Gasteiger partial charge < -0.3 is 16.0 Å². The lowest BCUT2D eigenvalue weighted by Gasteiger charge is -2.13. The van der Waals surface area contributed by atoms with Crippen molar-refractivity contribution >= 4 is 11.9 Å². The molecule has 4 rings (SSSR count). The van der Waals surface area contributed by atoms with Crippen LogP contribution in [0.25, 0.3) is 22.4 Å². The molecule has 0 aliphatic carbocycles. The van der Waals surface area contributed by atoms with Gasteiger partial charge >= 0.3 is 0 Å². The molecule has 30 heavy (non-hydrogen) atoms. The number of carbonyl (C=O) groups is 1. The van der Waals surface area contributed by atoms with Crippen molar-refractivity contribution in [1.29, 1.82) is 0 Å². The van der Waals surface area contributed by atoms with E-state index in [2.05, 4.69) is 39.6 Å². The lowest BCUT2D eigenvalue weighted by Crippen LogP contribution is -2.27. The summed E-state index contributed by atoms with van der Waals surface area (Å²) < 4.78 is 0. The van der Waals surface area contributed by atoms with Gasteiger partial charge in [-0.25, -0.2) is 4.98 Å². The number of hydrogen-bond acceptors (Lipinski definition) is 3. The Labute approximate surface area is 176 Å². The molecule has 0 aliphatic heterocycles. The first kappa shape index (κ1) is 19.5. The number of benzene rings is 3. The quantitative estimate of drug-likeness (QED) is 0.440. The van der Waals surface area contributed by atoms with Crippen LogP contribution < -0.4 is 11.1 Å². The highest BCUT2D eigenvalue weighted by Crippen LogP contribution is 2.23. The van der Waals surface area contributed by atoms with Gasteiger partial charge in [0.1, 0.15) is 0 Å². The third kappa shape index (κ3) is 4.41. The Morgan fingerprint density at radius 2 is 1.57 bits per heavy atom. The number of aromatic amines is 1. The maximum absolute atomic E-state index is 12.6. The van der Waals surface area contributed by atoms with Crippen molar-refractivity contribution in [3.63, 3.8) is 0 Å². The molecule has 1 amide bonds. The van der Waals surface area contributed by atoms with Gasteiger partial charge in [0.25, 0.3) is 0 Å². The lowest BCUT2D eigenvalue weighted by molar-refractivity contribution is -0.122. The standard InChI is InChI=1S/C25H24N4O/c1-17(19-11-13-21(14-12-19)20-5-3-2-4-6-20)24(30)27-15-18-7-9-22(10-8-18)23-16-28-25(26)29-23/h2-14,16-17H,15H2,1H3,(H,27,30)(H3,26,28,29). The molecule has 4 aromatic rings. The molecule has 0 radical (unpaired) electrons. The van der Waals surface area contributed by atoms with Crippen LogP contribution in [0, 0.1) is 0 Å². The molecule has 5 nitrogen and oxygen atoms in total. The third-order valence-electron chi connectivity index (χ3n) is 5.24. The predicted octanol–water partition coefficient (Wildman–Crippen LogP) is 4.75. The van der Waals surface area contributed by atoms with Crippen molar-refractivity contribution in [2.75, 3.05) is 5.73 Å². The fourth-order valence-electron chi connectivity index (χ4n) is 3.37. The molecule has 0 saturated heterocycles. The number of hydrogen-bond donors (Lipinski definition) is 3. The molecule has 5 heteroatoms. The smallest absolute Gasteiger partial charge is 0.227 e. The molecule has 0 saturated carbocycles. The number of anilines is 1. The van der Waals surface area contributed by atoms with Gasteiger partial charge in [-0.05, 0) is 34.7 Å². The van der Waals surface area contributed by atoms with Crippen LogP contribution in [-0.2, 0) is 11.3 Å². The molecule has 0 bridgehead atoms. The van der Waals surface area contributed by atoms with Crippen molar-refractivity contribution in [3.8, 4) is 22.4 Å². The van der Waals surface area contributed by atoms with Crippen LogP contribution in [0.15, 0.2) is 85.1 Å². The van der Waals surface area contributed by atoms with Crippen molar-refractivity contribution in [3.05, 3.63) is 96.2 Å². The van der Waals surface area contributed by atoms with E-state index in [-0.39, 0.29) is 11.8 Å². The molecule has 1 atom stereocenters. The maximum Gasteiger partial charge on any atom is 0.227 e. The Morgan fingerprint density at radius 3 is 2.20 bits per heavy atom. The number of nitrogens with two attached hydrogens (primary N) is 1. The van der Waals surface area contributed by atoms with E-state index < -0.39 is 0 Å². The van der Waals surface area contributed by atoms with Crippen LogP contribution in [0.5, 0.6) is 0 Å². The van der Waals surface area contributed by atoms with E-state index in [1.807, 2.05) is 61.5 Å². The summed E-state index contributed by atoms with van der Waals surface area (Å²) in [5, 5.41) is 3.03. The molecular formula is C25H24N4O. The van der Waals surface area contributed by atoms with Crippen LogP contribution in [0.1, 0.15) is 24.0 Å². The number of aromatic nitrogens is 2. The lowest BCUT2D eigenvalue weighted by atomic mass is 9.97. The van der Waals surface area contributed by atoms with Gasteiger partial charge in [0, 0.05) is 6.54 Å². The summed E-state index contributed by atoms with van der Waals surface area (Å²) >= 11 is 0. The van der Waals surface area contributed by atoms with Crippen molar-refractivity contribution < 1.29 is 4.79 Å². The largest absolute Gasteiger partial charge is 0.369 e. The number of nitrogens with zero attached hydrogens (tertiary/aromatic N) is 1. The second kappa shape index (κ2) is 8.66. The Morgan fingerprint density at radius 1 is 0.933 bits per heavy atom. The highest BCUT2D eigenvalue weighted by atomic mass is 16.1. The first-order chi connectivity index (χ1) is 14.6. The molecule has 0 spiro atoms. The van der Waals surface area contributed by atoms with E-state index in [1.165, 1.54) is 5.56 Å². The highest BCUT2D eigenvalue weighted by Gasteiger charge is 2.15. The first-order valence-electron chi connectivity index (χ1n) is 9.93. The topological polar surface area (TPSA) is 83.8 Å². The van der Waals surface area contributed by atoms with Crippen LogP contribution >= 0.6 is 0 Å². The number of nitrogen functional groups attached to an aromatic ring is 1. The second-order valence-corrected chi connectivity index (χ2v) is 7.31. The fraction of sp³-hybridized carbons (Fsp3) is 0.120. The average Bonchev–Trinajstić information content (AvgIpc) is 3.24. The maximum atomic E-state index is 12.6. The van der Waals surface area contributed by atoms with E-state index in [0.717, 1.165) is 27.9 Å². The van der Waals surface area contributed by atoms with E-state index in [0.29, 0.717) is 12.5 Å². The van der Waals surface area contributed by atoms with Crippen LogP contribution in [-0.4, -0.2) is 15.9 Å². The van der Waals surface area contributed by atoms with Gasteiger partial charge in [-0.2, -0.15) is 0 Å². The Hall–Kier alpha value is -3.86. The predicted molar refractivity (Wildman–Crippen MR) is 121 cm³/mol. The molecular weight excluding hydrogens is 372 g/mol. The normalized spacial score (nSPS) is 11.8. The molecule has 0 fully saturated rings. The fourth-order valence-corrected chi connectivity index (χ4v) is 3.37. The molecule has 4 N–H and O–H groups in total.